The third-order valence-corrected chi connectivity index (χ3v) is 10.1. The number of amides is 1. The van der Waals surface area contributed by atoms with Crippen LogP contribution in [0.5, 0.6) is 5.75 Å². The summed E-state index contributed by atoms with van der Waals surface area (Å²) in [5, 5.41) is 4.29. The van der Waals surface area contributed by atoms with E-state index in [2.05, 4.69) is 17.4 Å². The Bertz CT molecular complexity index is 1380. The number of hydrogen-bond donors (Lipinski definition) is 1. The molecule has 0 bridgehead atoms. The van der Waals surface area contributed by atoms with Crippen LogP contribution in [0.25, 0.3) is 19.5 Å². The lowest BCUT2D eigenvalue weighted by molar-refractivity contribution is 0.0928. The number of thiophene rings is 2. The molecule has 1 amide bonds. The number of sulfonamides is 1. The molecule has 0 aliphatic carbocycles. The van der Waals surface area contributed by atoms with Crippen molar-refractivity contribution in [3.05, 3.63) is 59.5 Å². The van der Waals surface area contributed by atoms with E-state index in [0.29, 0.717) is 36.6 Å². The molecule has 1 N–H and O–H groups in total. The van der Waals surface area contributed by atoms with Crippen molar-refractivity contribution in [1.82, 2.24) is 9.62 Å². The van der Waals surface area contributed by atoms with E-state index in [1.807, 2.05) is 18.2 Å². The van der Waals surface area contributed by atoms with Crippen LogP contribution in [0.4, 0.5) is 0 Å². The highest BCUT2D eigenvalue weighted by molar-refractivity contribution is 7.89. The fourth-order valence-corrected chi connectivity index (χ4v) is 7.90. The van der Waals surface area contributed by atoms with Gasteiger partial charge in [-0.3, -0.25) is 4.79 Å². The molecule has 1 saturated heterocycles. The molecule has 1 fully saturated rings. The van der Waals surface area contributed by atoms with Gasteiger partial charge in [0.25, 0.3) is 5.91 Å². The number of carbonyl (C=O) groups is 1. The Labute approximate surface area is 194 Å². The summed E-state index contributed by atoms with van der Waals surface area (Å²) < 4.78 is 35.9. The number of nitrogens with one attached hydrogen (secondary N) is 1. The van der Waals surface area contributed by atoms with Gasteiger partial charge in [0.05, 0.1) is 21.6 Å². The fraction of sp³-hybridized carbons (Fsp3) is 0.261. The molecule has 5 rings (SSSR count). The van der Waals surface area contributed by atoms with Gasteiger partial charge in [-0.05, 0) is 49.2 Å². The smallest absolute Gasteiger partial charge is 0.261 e. The second-order valence-electron chi connectivity index (χ2n) is 7.73. The molecule has 0 radical (unpaired) electrons. The molecule has 166 valence electrons. The van der Waals surface area contributed by atoms with Crippen molar-refractivity contribution in [2.75, 3.05) is 20.2 Å². The van der Waals surface area contributed by atoms with Crippen molar-refractivity contribution in [1.29, 1.82) is 0 Å². The van der Waals surface area contributed by atoms with Crippen LogP contribution < -0.4 is 10.1 Å². The molecule has 2 aromatic carbocycles. The first-order valence-corrected chi connectivity index (χ1v) is 13.4. The fourth-order valence-electron chi connectivity index (χ4n) is 4.01. The third kappa shape index (κ3) is 3.90. The van der Waals surface area contributed by atoms with Gasteiger partial charge in [0.15, 0.2) is 0 Å². The van der Waals surface area contributed by atoms with Crippen LogP contribution in [0.15, 0.2) is 59.5 Å². The number of nitrogens with zero attached hydrogens (tertiary/aromatic N) is 1. The van der Waals surface area contributed by atoms with Gasteiger partial charge >= 0.3 is 0 Å². The summed E-state index contributed by atoms with van der Waals surface area (Å²) in [6, 6.07) is 16.6. The van der Waals surface area contributed by atoms with Gasteiger partial charge in [-0.25, -0.2) is 8.42 Å². The largest absolute Gasteiger partial charge is 0.497 e. The van der Waals surface area contributed by atoms with E-state index in [1.165, 1.54) is 25.7 Å². The summed E-state index contributed by atoms with van der Waals surface area (Å²) in [4.78, 5) is 13.8. The van der Waals surface area contributed by atoms with Crippen molar-refractivity contribution < 1.29 is 17.9 Å². The SMILES string of the molecule is COc1ccc(S(=O)(=O)N2CCC(NC(=O)c3cc4sc5ccccc5c4s3)CC2)cc1. The zero-order valence-electron chi connectivity index (χ0n) is 17.4. The summed E-state index contributed by atoms with van der Waals surface area (Å²) in [6.45, 7) is 0.757. The minimum atomic E-state index is -3.55. The Morgan fingerprint density at radius 1 is 1.03 bits per heavy atom. The number of hydrogen-bond acceptors (Lipinski definition) is 6. The molecule has 2 aromatic heterocycles. The van der Waals surface area contributed by atoms with E-state index in [0.717, 1.165) is 9.40 Å². The average Bonchev–Trinajstić information content (AvgIpc) is 3.38. The molecular weight excluding hydrogens is 464 g/mol. The van der Waals surface area contributed by atoms with Crippen molar-refractivity contribution in [2.45, 2.75) is 23.8 Å². The quantitative estimate of drug-likeness (QED) is 0.443. The Morgan fingerprint density at radius 3 is 2.47 bits per heavy atom. The van der Waals surface area contributed by atoms with Gasteiger partial charge in [-0.2, -0.15) is 4.31 Å². The number of carbonyl (C=O) groups excluding carboxylic acids is 1. The molecule has 1 aliphatic rings. The number of benzene rings is 2. The maximum atomic E-state index is 12.9. The van der Waals surface area contributed by atoms with Crippen molar-refractivity contribution in [2.24, 2.45) is 0 Å². The van der Waals surface area contributed by atoms with E-state index < -0.39 is 10.0 Å². The molecule has 6 nitrogen and oxygen atoms in total. The van der Waals surface area contributed by atoms with Gasteiger partial charge in [0.2, 0.25) is 10.0 Å². The average molecular weight is 487 g/mol. The highest BCUT2D eigenvalue weighted by atomic mass is 32.2. The maximum Gasteiger partial charge on any atom is 0.261 e. The van der Waals surface area contributed by atoms with Crippen molar-refractivity contribution in [3.63, 3.8) is 0 Å². The van der Waals surface area contributed by atoms with Crippen LogP contribution in [0, 0.1) is 0 Å². The predicted molar refractivity (Wildman–Crippen MR) is 129 cm³/mol. The lowest BCUT2D eigenvalue weighted by Crippen LogP contribution is -2.46. The molecule has 0 unspecified atom stereocenters. The molecule has 3 heterocycles. The minimum Gasteiger partial charge on any atom is -0.497 e. The van der Waals surface area contributed by atoms with Gasteiger partial charge in [0, 0.05) is 33.9 Å². The second kappa shape index (κ2) is 8.47. The van der Waals surface area contributed by atoms with E-state index in [9.17, 15) is 13.2 Å². The van der Waals surface area contributed by atoms with Gasteiger partial charge in [-0.15, -0.1) is 22.7 Å². The highest BCUT2D eigenvalue weighted by Gasteiger charge is 2.30. The molecule has 0 spiro atoms. The minimum absolute atomic E-state index is 0.0401. The van der Waals surface area contributed by atoms with Gasteiger partial charge < -0.3 is 10.1 Å². The van der Waals surface area contributed by atoms with Crippen LogP contribution in [-0.4, -0.2) is 44.9 Å². The molecule has 0 saturated carbocycles. The third-order valence-electron chi connectivity index (χ3n) is 5.76. The van der Waals surface area contributed by atoms with Crippen molar-refractivity contribution in [3.8, 4) is 5.75 Å². The van der Waals surface area contributed by atoms with Crippen LogP contribution in [0.3, 0.4) is 0 Å². The molecule has 9 heteroatoms. The van der Waals surface area contributed by atoms with E-state index >= 15 is 0 Å². The Kier molecular flexibility index (Phi) is 5.66. The second-order valence-corrected chi connectivity index (χ2v) is 11.8. The first kappa shape index (κ1) is 21.4. The predicted octanol–water partition coefficient (Wildman–Crippen LogP) is 4.71. The van der Waals surface area contributed by atoms with E-state index in [-0.39, 0.29) is 16.8 Å². The lowest BCUT2D eigenvalue weighted by atomic mass is 10.1. The lowest BCUT2D eigenvalue weighted by Gasteiger charge is -2.31. The number of methoxy groups -OCH3 is 1. The molecular formula is C23H22N2O4S3. The summed E-state index contributed by atoms with van der Waals surface area (Å²) in [7, 11) is -2.01. The van der Waals surface area contributed by atoms with Crippen LogP contribution in [0.2, 0.25) is 0 Å². The molecule has 4 aromatic rings. The summed E-state index contributed by atoms with van der Waals surface area (Å²) in [5.74, 6) is 0.533. The van der Waals surface area contributed by atoms with Gasteiger partial charge in [-0.1, -0.05) is 18.2 Å². The normalized spacial score (nSPS) is 15.9. The summed E-state index contributed by atoms with van der Waals surface area (Å²) >= 11 is 3.22. The number of fused-ring (bicyclic) bond motifs is 3. The Balaban J connectivity index is 1.23. The topological polar surface area (TPSA) is 75.7 Å². The van der Waals surface area contributed by atoms with Crippen LogP contribution in [-0.2, 0) is 10.0 Å². The maximum absolute atomic E-state index is 12.9. The van der Waals surface area contributed by atoms with E-state index in [1.54, 1.807) is 42.7 Å². The van der Waals surface area contributed by atoms with Gasteiger partial charge in [0.1, 0.15) is 5.75 Å². The molecule has 32 heavy (non-hydrogen) atoms. The standard InChI is InChI=1S/C23H22N2O4S3/c1-29-16-6-8-17(9-7-16)32(27,28)25-12-10-15(11-13-25)24-23(26)21-14-20-22(31-21)18-4-2-3-5-19(18)30-20/h2-9,14-15H,10-13H2,1H3,(H,24,26). The Morgan fingerprint density at radius 2 is 1.75 bits per heavy atom. The highest BCUT2D eigenvalue weighted by Crippen LogP contribution is 2.39. The van der Waals surface area contributed by atoms with Crippen molar-refractivity contribution >= 4 is 58.1 Å². The first-order valence-electron chi connectivity index (χ1n) is 10.3. The monoisotopic (exact) mass is 486 g/mol. The first-order chi connectivity index (χ1) is 15.5. The molecule has 0 atom stereocenters. The van der Waals surface area contributed by atoms with Crippen LogP contribution in [0.1, 0.15) is 22.5 Å². The number of rotatable bonds is 5. The number of ether oxygens (including phenoxy) is 1. The van der Waals surface area contributed by atoms with E-state index in [4.69, 9.17) is 4.74 Å². The van der Waals surface area contributed by atoms with Crippen LogP contribution >= 0.6 is 22.7 Å². The summed E-state index contributed by atoms with van der Waals surface area (Å²) in [5.41, 5.74) is 0. The zero-order valence-corrected chi connectivity index (χ0v) is 19.9. The zero-order chi connectivity index (χ0) is 22.3. The molecule has 1 aliphatic heterocycles. The summed E-state index contributed by atoms with van der Waals surface area (Å²) in [6.07, 6.45) is 1.17. The Hall–Kier alpha value is -2.46. The number of piperidine rings is 1.